The summed E-state index contributed by atoms with van der Waals surface area (Å²) in [4.78, 5) is 0. The largest absolute Gasteiger partial charge is 0.310 e. The van der Waals surface area contributed by atoms with Crippen molar-refractivity contribution in [2.75, 3.05) is 6.54 Å². The lowest BCUT2D eigenvalue weighted by Gasteiger charge is -2.20. The maximum atomic E-state index is 3.70. The van der Waals surface area contributed by atoms with Crippen molar-refractivity contribution in [1.82, 2.24) is 5.32 Å². The molecule has 0 spiro atoms. The first kappa shape index (κ1) is 16.2. The lowest BCUT2D eigenvalue weighted by Crippen LogP contribution is -2.22. The zero-order chi connectivity index (χ0) is 14.1. The summed E-state index contributed by atoms with van der Waals surface area (Å²) in [6, 6.07) is 9.71. The highest BCUT2D eigenvalue weighted by Crippen LogP contribution is 2.21. The fourth-order valence-electron chi connectivity index (χ4n) is 2.52. The Bertz CT molecular complexity index is 335. The van der Waals surface area contributed by atoms with E-state index < -0.39 is 0 Å². The average Bonchev–Trinajstić information content (AvgIpc) is 2.38. The number of nitrogens with one attached hydrogen (secondary N) is 1. The highest BCUT2D eigenvalue weighted by Gasteiger charge is 2.10. The molecule has 0 aliphatic carbocycles. The third-order valence-corrected chi connectivity index (χ3v) is 3.48. The van der Waals surface area contributed by atoms with Crippen molar-refractivity contribution in [3.63, 3.8) is 0 Å². The van der Waals surface area contributed by atoms with Gasteiger partial charge in [-0.2, -0.15) is 0 Å². The molecule has 1 nitrogen and oxygen atoms in total. The molecule has 19 heavy (non-hydrogen) atoms. The Morgan fingerprint density at radius 3 is 2.53 bits per heavy atom. The van der Waals surface area contributed by atoms with Crippen molar-refractivity contribution in [2.24, 2.45) is 5.92 Å². The summed E-state index contributed by atoms with van der Waals surface area (Å²) < 4.78 is 0. The second kappa shape index (κ2) is 9.14. The maximum Gasteiger partial charge on any atom is 0.0320 e. The molecular formula is C18H31N. The normalized spacial score (nSPS) is 12.9. The SMILES string of the molecule is CCCCC(NCCC)c1cccc(CC(C)C)c1. The second-order valence-corrected chi connectivity index (χ2v) is 5.99. The highest BCUT2D eigenvalue weighted by atomic mass is 14.9. The Balaban J connectivity index is 2.75. The van der Waals surface area contributed by atoms with Crippen LogP contribution >= 0.6 is 0 Å². The Labute approximate surface area is 119 Å². The molecule has 0 saturated carbocycles. The molecule has 0 radical (unpaired) electrons. The van der Waals surface area contributed by atoms with E-state index in [1.54, 1.807) is 0 Å². The molecule has 0 amide bonds. The molecule has 0 bridgehead atoms. The molecule has 1 aromatic rings. The molecule has 1 aromatic carbocycles. The smallest absolute Gasteiger partial charge is 0.0320 e. The minimum absolute atomic E-state index is 0.534. The zero-order valence-electron chi connectivity index (χ0n) is 13.2. The van der Waals surface area contributed by atoms with Crippen LogP contribution in [0.1, 0.15) is 70.5 Å². The van der Waals surface area contributed by atoms with Crippen molar-refractivity contribution < 1.29 is 0 Å². The van der Waals surface area contributed by atoms with Gasteiger partial charge < -0.3 is 5.32 Å². The number of hydrogen-bond acceptors (Lipinski definition) is 1. The van der Waals surface area contributed by atoms with E-state index in [1.165, 1.54) is 43.2 Å². The maximum absolute atomic E-state index is 3.70. The molecule has 0 saturated heterocycles. The molecule has 1 rings (SSSR count). The summed E-state index contributed by atoms with van der Waals surface area (Å²) in [6.07, 6.45) is 6.21. The van der Waals surface area contributed by atoms with E-state index in [1.807, 2.05) is 0 Å². The molecule has 1 atom stereocenters. The van der Waals surface area contributed by atoms with Crippen LogP contribution in [0.3, 0.4) is 0 Å². The van der Waals surface area contributed by atoms with Crippen LogP contribution in [0.2, 0.25) is 0 Å². The van der Waals surface area contributed by atoms with Gasteiger partial charge in [0.1, 0.15) is 0 Å². The first-order valence-electron chi connectivity index (χ1n) is 7.99. The van der Waals surface area contributed by atoms with Gasteiger partial charge in [0.15, 0.2) is 0 Å². The first-order chi connectivity index (χ1) is 9.17. The molecule has 0 fully saturated rings. The van der Waals surface area contributed by atoms with Crippen LogP contribution < -0.4 is 5.32 Å². The standard InChI is InChI=1S/C18H31N/c1-5-7-11-18(19-12-6-2)17-10-8-9-16(14-17)13-15(3)4/h8-10,14-15,18-19H,5-7,11-13H2,1-4H3. The number of hydrogen-bond donors (Lipinski definition) is 1. The van der Waals surface area contributed by atoms with Crippen LogP contribution in [0.15, 0.2) is 24.3 Å². The van der Waals surface area contributed by atoms with E-state index in [4.69, 9.17) is 0 Å². The van der Waals surface area contributed by atoms with Crippen LogP contribution in [-0.4, -0.2) is 6.54 Å². The summed E-state index contributed by atoms with van der Waals surface area (Å²) in [7, 11) is 0. The number of benzene rings is 1. The van der Waals surface area contributed by atoms with E-state index >= 15 is 0 Å². The Kier molecular flexibility index (Phi) is 7.81. The number of rotatable bonds is 9. The van der Waals surface area contributed by atoms with Gasteiger partial charge in [-0.3, -0.25) is 0 Å². The van der Waals surface area contributed by atoms with Gasteiger partial charge in [-0.05, 0) is 42.9 Å². The number of unbranched alkanes of at least 4 members (excludes halogenated alkanes) is 1. The van der Waals surface area contributed by atoms with Gasteiger partial charge in [0.25, 0.3) is 0 Å². The van der Waals surface area contributed by atoms with Crippen LogP contribution in [0, 0.1) is 5.92 Å². The van der Waals surface area contributed by atoms with Gasteiger partial charge in [0.05, 0.1) is 0 Å². The Morgan fingerprint density at radius 2 is 1.89 bits per heavy atom. The van der Waals surface area contributed by atoms with Gasteiger partial charge >= 0.3 is 0 Å². The predicted octanol–water partition coefficient (Wildman–Crippen LogP) is 5.12. The molecule has 0 aliphatic rings. The first-order valence-corrected chi connectivity index (χ1v) is 7.99. The molecule has 0 aromatic heterocycles. The van der Waals surface area contributed by atoms with Gasteiger partial charge in [0.2, 0.25) is 0 Å². The summed E-state index contributed by atoms with van der Waals surface area (Å²) in [5, 5.41) is 3.70. The second-order valence-electron chi connectivity index (χ2n) is 5.99. The van der Waals surface area contributed by atoms with E-state index in [0.717, 1.165) is 12.5 Å². The minimum atomic E-state index is 0.534. The topological polar surface area (TPSA) is 12.0 Å². The van der Waals surface area contributed by atoms with Crippen molar-refractivity contribution in [2.45, 2.75) is 65.8 Å². The van der Waals surface area contributed by atoms with Crippen molar-refractivity contribution >= 4 is 0 Å². The Morgan fingerprint density at radius 1 is 1.11 bits per heavy atom. The van der Waals surface area contributed by atoms with Crippen LogP contribution in [0.5, 0.6) is 0 Å². The van der Waals surface area contributed by atoms with Crippen molar-refractivity contribution in [1.29, 1.82) is 0 Å². The van der Waals surface area contributed by atoms with Gasteiger partial charge in [-0.25, -0.2) is 0 Å². The summed E-state index contributed by atoms with van der Waals surface area (Å²) in [6.45, 7) is 10.2. The molecule has 0 heterocycles. The van der Waals surface area contributed by atoms with Crippen LogP contribution in [0.25, 0.3) is 0 Å². The fourth-order valence-corrected chi connectivity index (χ4v) is 2.52. The summed E-state index contributed by atoms with van der Waals surface area (Å²) in [5.41, 5.74) is 2.95. The molecule has 1 N–H and O–H groups in total. The zero-order valence-corrected chi connectivity index (χ0v) is 13.2. The third-order valence-electron chi connectivity index (χ3n) is 3.48. The molecule has 1 heteroatoms. The molecule has 1 unspecified atom stereocenters. The van der Waals surface area contributed by atoms with E-state index in [9.17, 15) is 0 Å². The highest BCUT2D eigenvalue weighted by molar-refractivity contribution is 5.26. The van der Waals surface area contributed by atoms with Crippen LogP contribution in [-0.2, 0) is 6.42 Å². The summed E-state index contributed by atoms with van der Waals surface area (Å²) in [5.74, 6) is 0.730. The predicted molar refractivity (Wildman–Crippen MR) is 85.5 cm³/mol. The van der Waals surface area contributed by atoms with Crippen molar-refractivity contribution in [3.8, 4) is 0 Å². The molecule has 0 aliphatic heterocycles. The minimum Gasteiger partial charge on any atom is -0.310 e. The average molecular weight is 261 g/mol. The van der Waals surface area contributed by atoms with Crippen molar-refractivity contribution in [3.05, 3.63) is 35.4 Å². The van der Waals surface area contributed by atoms with E-state index in [2.05, 4.69) is 57.3 Å². The molecular weight excluding hydrogens is 230 g/mol. The Hall–Kier alpha value is -0.820. The van der Waals surface area contributed by atoms with E-state index in [0.29, 0.717) is 6.04 Å². The molecule has 108 valence electrons. The van der Waals surface area contributed by atoms with Gasteiger partial charge in [0, 0.05) is 6.04 Å². The quantitative estimate of drug-likeness (QED) is 0.651. The summed E-state index contributed by atoms with van der Waals surface area (Å²) >= 11 is 0. The van der Waals surface area contributed by atoms with E-state index in [-0.39, 0.29) is 0 Å². The van der Waals surface area contributed by atoms with Crippen LogP contribution in [0.4, 0.5) is 0 Å². The monoisotopic (exact) mass is 261 g/mol. The third kappa shape index (κ3) is 6.24. The lowest BCUT2D eigenvalue weighted by molar-refractivity contribution is 0.481. The lowest BCUT2D eigenvalue weighted by atomic mass is 9.96. The van der Waals surface area contributed by atoms with Gasteiger partial charge in [-0.1, -0.05) is 64.8 Å². The van der Waals surface area contributed by atoms with Gasteiger partial charge in [-0.15, -0.1) is 0 Å². The fraction of sp³-hybridized carbons (Fsp3) is 0.667.